The molecule has 96 valence electrons. The zero-order valence-electron chi connectivity index (χ0n) is 10.6. The summed E-state index contributed by atoms with van der Waals surface area (Å²) in [5, 5.41) is 14.0. The van der Waals surface area contributed by atoms with E-state index in [1.165, 1.54) is 0 Å². The number of benzene rings is 1. The number of rotatable bonds is 4. The largest absolute Gasteiger partial charge is 0.496 e. The second-order valence-electron chi connectivity index (χ2n) is 4.00. The number of aryl methyl sites for hydroxylation is 1. The summed E-state index contributed by atoms with van der Waals surface area (Å²) in [6.07, 6.45) is 3.17. The fourth-order valence-corrected chi connectivity index (χ4v) is 2.87. The number of aromatic nitrogens is 2. The van der Waals surface area contributed by atoms with Gasteiger partial charge in [0, 0.05) is 23.7 Å². The van der Waals surface area contributed by atoms with Gasteiger partial charge in [0.2, 0.25) is 0 Å². The summed E-state index contributed by atoms with van der Waals surface area (Å²) in [7, 11) is 3.49. The molecule has 0 aliphatic heterocycles. The molecule has 0 aliphatic carbocycles. The molecule has 0 saturated carbocycles. The molecule has 0 amide bonds. The zero-order valence-corrected chi connectivity index (χ0v) is 11.4. The Hall–Kier alpha value is -1.46. The maximum Gasteiger partial charge on any atom is 0.125 e. The zero-order chi connectivity index (χ0) is 13.1. The molecule has 1 atom stereocenters. The molecule has 1 N–H and O–H groups in total. The molecule has 0 bridgehead atoms. The van der Waals surface area contributed by atoms with Gasteiger partial charge < -0.3 is 9.84 Å². The van der Waals surface area contributed by atoms with Gasteiger partial charge in [-0.3, -0.25) is 4.68 Å². The summed E-state index contributed by atoms with van der Waals surface area (Å²) in [6.45, 7) is 1.74. The van der Waals surface area contributed by atoms with Crippen molar-refractivity contribution < 1.29 is 9.84 Å². The van der Waals surface area contributed by atoms with Crippen molar-refractivity contribution in [3.63, 3.8) is 0 Å². The van der Waals surface area contributed by atoms with Crippen LogP contribution in [0.25, 0.3) is 0 Å². The van der Waals surface area contributed by atoms with Crippen molar-refractivity contribution in [2.45, 2.75) is 22.8 Å². The summed E-state index contributed by atoms with van der Waals surface area (Å²) >= 11 is 1.57. The fraction of sp³-hybridized carbons (Fsp3) is 0.308. The van der Waals surface area contributed by atoms with E-state index < -0.39 is 6.10 Å². The molecule has 0 unspecified atom stereocenters. The van der Waals surface area contributed by atoms with Gasteiger partial charge in [0.25, 0.3) is 0 Å². The maximum atomic E-state index is 9.89. The minimum absolute atomic E-state index is 0.569. The molecule has 18 heavy (non-hydrogen) atoms. The van der Waals surface area contributed by atoms with Crippen LogP contribution in [0.5, 0.6) is 5.75 Å². The maximum absolute atomic E-state index is 9.89. The molecule has 1 heterocycles. The van der Waals surface area contributed by atoms with Crippen molar-refractivity contribution in [3.8, 4) is 5.75 Å². The van der Waals surface area contributed by atoms with E-state index in [2.05, 4.69) is 5.10 Å². The number of aliphatic hydroxyl groups excluding tert-OH is 1. The SMILES string of the molecule is COc1cccc(Sc2cnn(C)c2)c1[C@@H](C)O. The minimum atomic E-state index is -0.569. The molecule has 0 spiro atoms. The van der Waals surface area contributed by atoms with E-state index in [0.717, 1.165) is 15.4 Å². The highest BCUT2D eigenvalue weighted by Crippen LogP contribution is 2.37. The predicted molar refractivity (Wildman–Crippen MR) is 71.0 cm³/mol. The van der Waals surface area contributed by atoms with Crippen LogP contribution in [0.1, 0.15) is 18.6 Å². The molecular weight excluding hydrogens is 248 g/mol. The minimum Gasteiger partial charge on any atom is -0.496 e. The Labute approximate surface area is 111 Å². The summed E-state index contributed by atoms with van der Waals surface area (Å²) in [5.74, 6) is 0.707. The molecule has 2 rings (SSSR count). The Morgan fingerprint density at radius 3 is 2.78 bits per heavy atom. The Morgan fingerprint density at radius 1 is 1.44 bits per heavy atom. The lowest BCUT2D eigenvalue weighted by atomic mass is 10.1. The quantitative estimate of drug-likeness (QED) is 0.922. The molecule has 2 aromatic rings. The van der Waals surface area contributed by atoms with E-state index in [1.54, 1.807) is 36.7 Å². The molecule has 0 aliphatic rings. The topological polar surface area (TPSA) is 47.3 Å². The average Bonchev–Trinajstić information content (AvgIpc) is 2.74. The van der Waals surface area contributed by atoms with Gasteiger partial charge in [-0.05, 0) is 19.1 Å². The van der Waals surface area contributed by atoms with Crippen LogP contribution in [0.15, 0.2) is 40.4 Å². The highest BCUT2D eigenvalue weighted by molar-refractivity contribution is 7.99. The van der Waals surface area contributed by atoms with Crippen LogP contribution in [0.3, 0.4) is 0 Å². The van der Waals surface area contributed by atoms with Crippen molar-refractivity contribution in [2.24, 2.45) is 7.05 Å². The number of aliphatic hydroxyl groups is 1. The second-order valence-corrected chi connectivity index (χ2v) is 5.12. The molecule has 0 fully saturated rings. The van der Waals surface area contributed by atoms with Crippen molar-refractivity contribution in [1.29, 1.82) is 0 Å². The van der Waals surface area contributed by atoms with E-state index >= 15 is 0 Å². The van der Waals surface area contributed by atoms with Gasteiger partial charge in [0.1, 0.15) is 5.75 Å². The fourth-order valence-electron chi connectivity index (χ4n) is 1.78. The third-order valence-electron chi connectivity index (χ3n) is 2.57. The first-order valence-electron chi connectivity index (χ1n) is 5.63. The number of nitrogens with zero attached hydrogens (tertiary/aromatic N) is 2. The number of hydrogen-bond donors (Lipinski definition) is 1. The third-order valence-corrected chi connectivity index (χ3v) is 3.60. The Balaban J connectivity index is 2.37. The first-order valence-corrected chi connectivity index (χ1v) is 6.45. The number of methoxy groups -OCH3 is 1. The third kappa shape index (κ3) is 2.68. The molecule has 5 heteroatoms. The van der Waals surface area contributed by atoms with Crippen molar-refractivity contribution in [3.05, 3.63) is 36.2 Å². The molecule has 1 aromatic carbocycles. The highest BCUT2D eigenvalue weighted by Gasteiger charge is 2.15. The van der Waals surface area contributed by atoms with Crippen LogP contribution in [0.2, 0.25) is 0 Å². The van der Waals surface area contributed by atoms with E-state index in [9.17, 15) is 5.11 Å². The van der Waals surface area contributed by atoms with Crippen LogP contribution in [-0.2, 0) is 7.05 Å². The molecule has 0 saturated heterocycles. The van der Waals surface area contributed by atoms with Crippen molar-refractivity contribution >= 4 is 11.8 Å². The van der Waals surface area contributed by atoms with Crippen molar-refractivity contribution in [1.82, 2.24) is 9.78 Å². The summed E-state index contributed by atoms with van der Waals surface area (Å²) in [6, 6.07) is 5.75. The molecule has 4 nitrogen and oxygen atoms in total. The van der Waals surface area contributed by atoms with E-state index in [-0.39, 0.29) is 0 Å². The standard InChI is InChI=1S/C13H16N2O2S/c1-9(16)13-11(17-3)5-4-6-12(13)18-10-7-14-15(2)8-10/h4-9,16H,1-3H3/t9-/m1/s1. The lowest BCUT2D eigenvalue weighted by molar-refractivity contribution is 0.191. The number of ether oxygens (including phenoxy) is 1. The van der Waals surface area contributed by atoms with Crippen LogP contribution in [-0.4, -0.2) is 22.0 Å². The molecule has 1 aromatic heterocycles. The van der Waals surface area contributed by atoms with Gasteiger partial charge in [-0.15, -0.1) is 0 Å². The van der Waals surface area contributed by atoms with Gasteiger partial charge in [-0.25, -0.2) is 0 Å². The van der Waals surface area contributed by atoms with Crippen LogP contribution >= 0.6 is 11.8 Å². The van der Waals surface area contributed by atoms with Crippen LogP contribution in [0, 0.1) is 0 Å². The second kappa shape index (κ2) is 5.46. The Bertz CT molecular complexity index is 538. The summed E-state index contributed by atoms with van der Waals surface area (Å²) in [5.41, 5.74) is 0.814. The lowest BCUT2D eigenvalue weighted by Crippen LogP contribution is -1.98. The first-order chi connectivity index (χ1) is 8.61. The molecular formula is C13H16N2O2S. The predicted octanol–water partition coefficient (Wildman–Crippen LogP) is 2.63. The van der Waals surface area contributed by atoms with Crippen LogP contribution in [0.4, 0.5) is 0 Å². The monoisotopic (exact) mass is 264 g/mol. The first kappa shape index (κ1) is 13.0. The smallest absolute Gasteiger partial charge is 0.125 e. The van der Waals surface area contributed by atoms with Gasteiger partial charge in [-0.1, -0.05) is 17.8 Å². The van der Waals surface area contributed by atoms with E-state index in [4.69, 9.17) is 4.74 Å². The molecule has 0 radical (unpaired) electrons. The van der Waals surface area contributed by atoms with Crippen molar-refractivity contribution in [2.75, 3.05) is 7.11 Å². The Morgan fingerprint density at radius 2 is 2.22 bits per heavy atom. The average molecular weight is 264 g/mol. The summed E-state index contributed by atoms with van der Waals surface area (Å²) < 4.78 is 7.05. The van der Waals surface area contributed by atoms with Crippen LogP contribution < -0.4 is 4.74 Å². The van der Waals surface area contributed by atoms with E-state index in [0.29, 0.717) is 5.75 Å². The van der Waals surface area contributed by atoms with E-state index in [1.807, 2.05) is 31.4 Å². The Kier molecular flexibility index (Phi) is 3.93. The van der Waals surface area contributed by atoms with Gasteiger partial charge >= 0.3 is 0 Å². The summed E-state index contributed by atoms with van der Waals surface area (Å²) in [4.78, 5) is 2.02. The number of hydrogen-bond acceptors (Lipinski definition) is 4. The normalized spacial score (nSPS) is 12.4. The van der Waals surface area contributed by atoms with Gasteiger partial charge in [0.15, 0.2) is 0 Å². The van der Waals surface area contributed by atoms with Gasteiger partial charge in [-0.2, -0.15) is 5.10 Å². The lowest BCUT2D eigenvalue weighted by Gasteiger charge is -2.15. The highest BCUT2D eigenvalue weighted by atomic mass is 32.2. The van der Waals surface area contributed by atoms with Gasteiger partial charge in [0.05, 0.1) is 24.3 Å².